The first-order valence-electron chi connectivity index (χ1n) is 6.04. The molecule has 1 atom stereocenters. The predicted octanol–water partition coefficient (Wildman–Crippen LogP) is 1.13. The molecule has 1 aromatic heterocycles. The van der Waals surface area contributed by atoms with Crippen molar-refractivity contribution < 1.29 is 14.7 Å². The minimum Gasteiger partial charge on any atom is -0.476 e. The zero-order valence-corrected chi connectivity index (χ0v) is 10.7. The van der Waals surface area contributed by atoms with E-state index in [4.69, 9.17) is 5.11 Å². The first-order valence-corrected chi connectivity index (χ1v) is 6.04. The summed E-state index contributed by atoms with van der Waals surface area (Å²) in [4.78, 5) is 25.8. The topological polar surface area (TPSA) is 84.2 Å². The van der Waals surface area contributed by atoms with E-state index in [1.165, 1.54) is 12.5 Å². The lowest BCUT2D eigenvalue weighted by Gasteiger charge is -2.09. The summed E-state index contributed by atoms with van der Waals surface area (Å²) >= 11 is 0. The third-order valence-electron chi connectivity index (χ3n) is 2.78. The van der Waals surface area contributed by atoms with Gasteiger partial charge in [0.1, 0.15) is 0 Å². The second kappa shape index (κ2) is 6.78. The molecule has 0 bridgehead atoms. The van der Waals surface area contributed by atoms with Crippen molar-refractivity contribution in [2.24, 2.45) is 5.92 Å². The average Bonchev–Trinajstić information content (AvgIpc) is 2.77. The van der Waals surface area contributed by atoms with Crippen LogP contribution in [0.15, 0.2) is 12.5 Å². The first kappa shape index (κ1) is 14.2. The van der Waals surface area contributed by atoms with Crippen molar-refractivity contribution in [2.45, 2.75) is 33.2 Å². The number of nitrogens with zero attached hydrogens (tertiary/aromatic N) is 2. The average molecular weight is 253 g/mol. The minimum atomic E-state index is -1.05. The molecule has 1 rings (SSSR count). The Kier molecular flexibility index (Phi) is 5.35. The van der Waals surface area contributed by atoms with Gasteiger partial charge in [0, 0.05) is 25.7 Å². The summed E-state index contributed by atoms with van der Waals surface area (Å²) in [6.45, 7) is 5.09. The fourth-order valence-corrected chi connectivity index (χ4v) is 1.45. The van der Waals surface area contributed by atoms with E-state index in [9.17, 15) is 9.59 Å². The van der Waals surface area contributed by atoms with Gasteiger partial charge in [-0.25, -0.2) is 9.78 Å². The van der Waals surface area contributed by atoms with Gasteiger partial charge in [-0.1, -0.05) is 20.3 Å². The van der Waals surface area contributed by atoms with E-state index in [2.05, 4.69) is 17.2 Å². The number of aromatic nitrogens is 2. The molecule has 1 unspecified atom stereocenters. The van der Waals surface area contributed by atoms with Crippen molar-refractivity contribution in [3.8, 4) is 0 Å². The Hall–Kier alpha value is -1.85. The normalized spacial score (nSPS) is 12.1. The Morgan fingerprint density at radius 2 is 2.28 bits per heavy atom. The maximum absolute atomic E-state index is 11.5. The third-order valence-corrected chi connectivity index (χ3v) is 2.78. The van der Waals surface area contributed by atoms with E-state index in [1.54, 1.807) is 4.57 Å². The molecule has 1 aromatic rings. The number of hydrogen-bond donors (Lipinski definition) is 2. The number of hydrogen-bond acceptors (Lipinski definition) is 3. The first-order chi connectivity index (χ1) is 8.52. The van der Waals surface area contributed by atoms with Crippen LogP contribution in [-0.4, -0.2) is 33.1 Å². The van der Waals surface area contributed by atoms with Gasteiger partial charge in [-0.15, -0.1) is 0 Å². The number of nitrogens with one attached hydrogen (secondary N) is 1. The van der Waals surface area contributed by atoms with Crippen LogP contribution in [0, 0.1) is 5.92 Å². The molecule has 0 aliphatic carbocycles. The van der Waals surface area contributed by atoms with Crippen LogP contribution >= 0.6 is 0 Å². The van der Waals surface area contributed by atoms with Crippen molar-refractivity contribution in [1.82, 2.24) is 14.9 Å². The highest BCUT2D eigenvalue weighted by molar-refractivity contribution is 5.84. The molecule has 2 N–H and O–H groups in total. The molecule has 0 fully saturated rings. The smallest absolute Gasteiger partial charge is 0.356 e. The summed E-state index contributed by atoms with van der Waals surface area (Å²) in [7, 11) is 0. The number of carboxylic acid groups (broad SMARTS) is 1. The zero-order chi connectivity index (χ0) is 13.5. The Bertz CT molecular complexity index is 414. The maximum atomic E-state index is 11.5. The Labute approximate surface area is 106 Å². The van der Waals surface area contributed by atoms with Crippen molar-refractivity contribution in [3.05, 3.63) is 18.2 Å². The van der Waals surface area contributed by atoms with Crippen LogP contribution in [-0.2, 0) is 11.3 Å². The predicted molar refractivity (Wildman–Crippen MR) is 66.3 cm³/mol. The van der Waals surface area contributed by atoms with Gasteiger partial charge in [-0.2, -0.15) is 0 Å². The third kappa shape index (κ3) is 4.57. The Morgan fingerprint density at radius 3 is 2.83 bits per heavy atom. The molecule has 1 amide bonds. The molecule has 100 valence electrons. The number of carbonyl (C=O) groups excluding carboxylic acids is 1. The van der Waals surface area contributed by atoms with E-state index < -0.39 is 5.97 Å². The van der Waals surface area contributed by atoms with E-state index in [-0.39, 0.29) is 11.6 Å². The number of amides is 1. The van der Waals surface area contributed by atoms with Gasteiger partial charge in [-0.3, -0.25) is 4.79 Å². The number of carboxylic acids is 1. The van der Waals surface area contributed by atoms with Crippen LogP contribution in [0.25, 0.3) is 0 Å². The van der Waals surface area contributed by atoms with E-state index in [0.29, 0.717) is 25.4 Å². The molecular weight excluding hydrogens is 234 g/mol. The maximum Gasteiger partial charge on any atom is 0.356 e. The number of rotatable bonds is 7. The molecule has 0 spiro atoms. The molecule has 0 aliphatic heterocycles. The largest absolute Gasteiger partial charge is 0.476 e. The van der Waals surface area contributed by atoms with E-state index in [1.807, 2.05) is 6.92 Å². The Morgan fingerprint density at radius 1 is 1.56 bits per heavy atom. The fraction of sp³-hybridized carbons (Fsp3) is 0.583. The second-order valence-electron chi connectivity index (χ2n) is 4.37. The van der Waals surface area contributed by atoms with Crippen LogP contribution in [0.1, 0.15) is 37.2 Å². The van der Waals surface area contributed by atoms with Crippen molar-refractivity contribution >= 4 is 11.9 Å². The van der Waals surface area contributed by atoms with Crippen LogP contribution in [0.4, 0.5) is 0 Å². The number of imidazole rings is 1. The molecule has 18 heavy (non-hydrogen) atoms. The lowest BCUT2D eigenvalue weighted by molar-refractivity contribution is -0.121. The van der Waals surface area contributed by atoms with Gasteiger partial charge >= 0.3 is 5.97 Å². The molecule has 0 radical (unpaired) electrons. The SMILES string of the molecule is CCC(C)CC(=O)NCCn1cnc(C(=O)O)c1. The quantitative estimate of drug-likeness (QED) is 0.763. The van der Waals surface area contributed by atoms with Gasteiger partial charge in [0.25, 0.3) is 0 Å². The van der Waals surface area contributed by atoms with Crippen molar-refractivity contribution in [1.29, 1.82) is 0 Å². The molecule has 0 saturated heterocycles. The van der Waals surface area contributed by atoms with Crippen LogP contribution in [0.3, 0.4) is 0 Å². The van der Waals surface area contributed by atoms with E-state index in [0.717, 1.165) is 6.42 Å². The lowest BCUT2D eigenvalue weighted by Crippen LogP contribution is -2.28. The summed E-state index contributed by atoms with van der Waals surface area (Å²) in [6, 6.07) is 0. The molecule has 0 aromatic carbocycles. The number of aromatic carboxylic acids is 1. The van der Waals surface area contributed by atoms with E-state index >= 15 is 0 Å². The fourth-order valence-electron chi connectivity index (χ4n) is 1.45. The van der Waals surface area contributed by atoms with Crippen LogP contribution < -0.4 is 5.32 Å². The molecular formula is C12H19N3O3. The van der Waals surface area contributed by atoms with Gasteiger partial charge in [-0.05, 0) is 5.92 Å². The molecule has 6 heteroatoms. The number of carbonyl (C=O) groups is 2. The highest BCUT2D eigenvalue weighted by Gasteiger charge is 2.08. The summed E-state index contributed by atoms with van der Waals surface area (Å²) in [6.07, 6.45) is 4.41. The molecule has 0 aliphatic rings. The van der Waals surface area contributed by atoms with Crippen molar-refractivity contribution in [2.75, 3.05) is 6.54 Å². The summed E-state index contributed by atoms with van der Waals surface area (Å²) in [5, 5.41) is 11.5. The molecule has 1 heterocycles. The van der Waals surface area contributed by atoms with Gasteiger partial charge in [0.05, 0.1) is 6.33 Å². The van der Waals surface area contributed by atoms with Crippen LogP contribution in [0.2, 0.25) is 0 Å². The summed E-state index contributed by atoms with van der Waals surface area (Å²) in [5.74, 6) is -0.630. The Balaban J connectivity index is 2.28. The van der Waals surface area contributed by atoms with Crippen LogP contribution in [0.5, 0.6) is 0 Å². The van der Waals surface area contributed by atoms with Gasteiger partial charge in [0.2, 0.25) is 5.91 Å². The monoisotopic (exact) mass is 253 g/mol. The van der Waals surface area contributed by atoms with Crippen molar-refractivity contribution in [3.63, 3.8) is 0 Å². The standard InChI is InChI=1S/C12H19N3O3/c1-3-9(2)6-11(16)13-4-5-15-7-10(12(17)18)14-8-15/h7-9H,3-6H2,1-2H3,(H,13,16)(H,17,18). The summed E-state index contributed by atoms with van der Waals surface area (Å²) in [5.41, 5.74) is 0.0148. The lowest BCUT2D eigenvalue weighted by atomic mass is 10.1. The second-order valence-corrected chi connectivity index (χ2v) is 4.37. The summed E-state index contributed by atoms with van der Waals surface area (Å²) < 4.78 is 1.65. The highest BCUT2D eigenvalue weighted by Crippen LogP contribution is 2.05. The highest BCUT2D eigenvalue weighted by atomic mass is 16.4. The van der Waals surface area contributed by atoms with Gasteiger partial charge < -0.3 is 15.0 Å². The molecule has 6 nitrogen and oxygen atoms in total. The zero-order valence-electron chi connectivity index (χ0n) is 10.7. The molecule has 0 saturated carbocycles. The minimum absolute atomic E-state index is 0.0148. The van der Waals surface area contributed by atoms with Gasteiger partial charge in [0.15, 0.2) is 5.69 Å².